The molecular formula is C15H23ClN3S+. The Labute approximate surface area is 131 Å². The van der Waals surface area contributed by atoms with E-state index in [-0.39, 0.29) is 0 Å². The van der Waals surface area contributed by atoms with E-state index in [4.69, 9.17) is 23.8 Å². The van der Waals surface area contributed by atoms with E-state index in [1.807, 2.05) is 25.1 Å². The minimum absolute atomic E-state index is 0.668. The lowest BCUT2D eigenvalue weighted by atomic mass is 10.2. The van der Waals surface area contributed by atoms with Crippen molar-refractivity contribution in [2.24, 2.45) is 0 Å². The second-order valence-electron chi connectivity index (χ2n) is 5.41. The highest BCUT2D eigenvalue weighted by atomic mass is 35.5. The first kappa shape index (κ1) is 15.5. The van der Waals surface area contributed by atoms with E-state index in [1.54, 1.807) is 4.90 Å². The number of quaternary nitrogens is 1. The fourth-order valence-corrected chi connectivity index (χ4v) is 2.91. The van der Waals surface area contributed by atoms with Crippen LogP contribution in [-0.4, -0.2) is 31.3 Å². The second-order valence-corrected chi connectivity index (χ2v) is 6.22. The summed E-state index contributed by atoms with van der Waals surface area (Å²) in [5, 5.41) is 7.85. The van der Waals surface area contributed by atoms with E-state index in [1.165, 1.54) is 32.5 Å². The summed E-state index contributed by atoms with van der Waals surface area (Å²) in [4.78, 5) is 1.73. The summed E-state index contributed by atoms with van der Waals surface area (Å²) in [6, 6.07) is 5.88. The molecule has 0 spiro atoms. The molecule has 1 fully saturated rings. The van der Waals surface area contributed by atoms with Crippen LogP contribution in [0.3, 0.4) is 0 Å². The molecule has 0 radical (unpaired) electrons. The minimum Gasteiger partial charge on any atom is -0.362 e. The lowest BCUT2D eigenvalue weighted by Crippen LogP contribution is -3.10. The van der Waals surface area contributed by atoms with Gasteiger partial charge in [0.2, 0.25) is 0 Å². The fraction of sp³-hybridized carbons (Fsp3) is 0.533. The number of likely N-dealkylation sites (tertiary alicyclic amines) is 1. The Morgan fingerprint density at radius 1 is 1.35 bits per heavy atom. The lowest BCUT2D eigenvalue weighted by molar-refractivity contribution is -0.887. The third-order valence-electron chi connectivity index (χ3n) is 3.73. The summed E-state index contributed by atoms with van der Waals surface area (Å²) >= 11 is 11.4. The molecule has 1 heterocycles. The number of halogens is 1. The van der Waals surface area contributed by atoms with Crippen LogP contribution in [0.25, 0.3) is 0 Å². The van der Waals surface area contributed by atoms with Gasteiger partial charge in [-0.15, -0.1) is 0 Å². The number of nitrogens with one attached hydrogen (secondary N) is 3. The summed E-state index contributed by atoms with van der Waals surface area (Å²) in [7, 11) is 0. The molecule has 2 rings (SSSR count). The van der Waals surface area contributed by atoms with Crippen LogP contribution in [0.4, 0.5) is 5.69 Å². The van der Waals surface area contributed by atoms with Gasteiger partial charge in [0.05, 0.1) is 19.6 Å². The average molecular weight is 313 g/mol. The lowest BCUT2D eigenvalue weighted by Gasteiger charge is -2.14. The van der Waals surface area contributed by atoms with Crippen LogP contribution in [0.2, 0.25) is 5.02 Å². The van der Waals surface area contributed by atoms with E-state index in [9.17, 15) is 0 Å². The SMILES string of the molecule is Cc1ccc(NC(=S)NCCC[NH+]2CCCC2)cc1Cl. The first-order valence-electron chi connectivity index (χ1n) is 7.30. The number of hydrogen-bond acceptors (Lipinski definition) is 1. The molecular weight excluding hydrogens is 290 g/mol. The van der Waals surface area contributed by atoms with Crippen molar-refractivity contribution in [3.05, 3.63) is 28.8 Å². The molecule has 5 heteroatoms. The molecule has 20 heavy (non-hydrogen) atoms. The van der Waals surface area contributed by atoms with Crippen molar-refractivity contribution in [2.75, 3.05) is 31.5 Å². The number of benzene rings is 1. The van der Waals surface area contributed by atoms with Crippen molar-refractivity contribution in [3.63, 3.8) is 0 Å². The highest BCUT2D eigenvalue weighted by Crippen LogP contribution is 2.19. The molecule has 0 saturated carbocycles. The summed E-state index contributed by atoms with van der Waals surface area (Å²) in [6.07, 6.45) is 3.93. The monoisotopic (exact) mass is 312 g/mol. The largest absolute Gasteiger partial charge is 0.362 e. The number of rotatable bonds is 5. The van der Waals surface area contributed by atoms with Gasteiger partial charge in [-0.3, -0.25) is 0 Å². The predicted octanol–water partition coefficient (Wildman–Crippen LogP) is 2.00. The summed E-state index contributed by atoms with van der Waals surface area (Å²) in [5.74, 6) is 0. The highest BCUT2D eigenvalue weighted by Gasteiger charge is 2.13. The topological polar surface area (TPSA) is 28.5 Å². The number of thiocarbonyl (C=S) groups is 1. The zero-order valence-corrected chi connectivity index (χ0v) is 13.5. The molecule has 3 N–H and O–H groups in total. The molecule has 110 valence electrons. The van der Waals surface area contributed by atoms with Crippen LogP contribution in [-0.2, 0) is 0 Å². The molecule has 0 amide bonds. The molecule has 1 aromatic rings. The van der Waals surface area contributed by atoms with Gasteiger partial charge < -0.3 is 15.5 Å². The maximum absolute atomic E-state index is 6.09. The molecule has 1 saturated heterocycles. The maximum Gasteiger partial charge on any atom is 0.170 e. The van der Waals surface area contributed by atoms with Gasteiger partial charge in [-0.1, -0.05) is 17.7 Å². The van der Waals surface area contributed by atoms with Crippen molar-refractivity contribution in [3.8, 4) is 0 Å². The van der Waals surface area contributed by atoms with Gasteiger partial charge >= 0.3 is 0 Å². The Bertz CT molecular complexity index is 458. The molecule has 0 unspecified atom stereocenters. The zero-order valence-electron chi connectivity index (χ0n) is 12.0. The smallest absolute Gasteiger partial charge is 0.170 e. The third-order valence-corrected chi connectivity index (χ3v) is 4.39. The van der Waals surface area contributed by atoms with Gasteiger partial charge in [0.1, 0.15) is 0 Å². The van der Waals surface area contributed by atoms with Gasteiger partial charge in [-0.05, 0) is 36.8 Å². The number of hydrogen-bond donors (Lipinski definition) is 3. The molecule has 3 nitrogen and oxygen atoms in total. The number of anilines is 1. The molecule has 1 aromatic carbocycles. The quantitative estimate of drug-likeness (QED) is 0.574. The molecule has 1 aliphatic heterocycles. The Kier molecular flexibility index (Phi) is 6.07. The Morgan fingerprint density at radius 2 is 2.10 bits per heavy atom. The first-order valence-corrected chi connectivity index (χ1v) is 8.08. The standard InChI is InChI=1S/C15H22ClN3S/c1-12-5-6-13(11-14(12)16)18-15(20)17-7-4-10-19-8-2-3-9-19/h5-6,11H,2-4,7-10H2,1H3,(H2,17,18,20)/p+1. The molecule has 0 aliphatic carbocycles. The van der Waals surface area contributed by atoms with Crippen LogP contribution >= 0.6 is 23.8 Å². The van der Waals surface area contributed by atoms with Crippen LogP contribution in [0, 0.1) is 6.92 Å². The van der Waals surface area contributed by atoms with Crippen LogP contribution in [0.5, 0.6) is 0 Å². The van der Waals surface area contributed by atoms with Crippen LogP contribution in [0.15, 0.2) is 18.2 Å². The van der Waals surface area contributed by atoms with Crippen molar-refractivity contribution in [2.45, 2.75) is 26.2 Å². The fourth-order valence-electron chi connectivity index (χ4n) is 2.51. The van der Waals surface area contributed by atoms with Gasteiger partial charge in [0, 0.05) is 36.5 Å². The number of aryl methyl sites for hydroxylation is 1. The first-order chi connectivity index (χ1) is 9.65. The second kappa shape index (κ2) is 7.81. The summed E-state index contributed by atoms with van der Waals surface area (Å²) in [6.45, 7) is 6.83. The van der Waals surface area contributed by atoms with Gasteiger partial charge in [0.25, 0.3) is 0 Å². The maximum atomic E-state index is 6.09. The van der Waals surface area contributed by atoms with Crippen molar-refractivity contribution in [1.82, 2.24) is 5.32 Å². The Morgan fingerprint density at radius 3 is 2.80 bits per heavy atom. The molecule has 0 bridgehead atoms. The summed E-state index contributed by atoms with van der Waals surface area (Å²) in [5.41, 5.74) is 2.01. The highest BCUT2D eigenvalue weighted by molar-refractivity contribution is 7.80. The van der Waals surface area contributed by atoms with E-state index < -0.39 is 0 Å². The predicted molar refractivity (Wildman–Crippen MR) is 89.8 cm³/mol. The molecule has 0 atom stereocenters. The molecule has 0 aromatic heterocycles. The Balaban J connectivity index is 1.65. The Hall–Kier alpha value is -0.840. The van der Waals surface area contributed by atoms with Gasteiger partial charge in [0.15, 0.2) is 5.11 Å². The zero-order chi connectivity index (χ0) is 14.4. The van der Waals surface area contributed by atoms with Crippen molar-refractivity contribution >= 4 is 34.6 Å². The minimum atomic E-state index is 0.668. The normalized spacial score (nSPS) is 15.3. The van der Waals surface area contributed by atoms with Crippen LogP contribution < -0.4 is 15.5 Å². The van der Waals surface area contributed by atoms with E-state index >= 15 is 0 Å². The van der Waals surface area contributed by atoms with Gasteiger partial charge in [-0.2, -0.15) is 0 Å². The van der Waals surface area contributed by atoms with Crippen molar-refractivity contribution < 1.29 is 4.90 Å². The molecule has 1 aliphatic rings. The third kappa shape index (κ3) is 4.93. The average Bonchev–Trinajstić information content (AvgIpc) is 2.92. The van der Waals surface area contributed by atoms with Gasteiger partial charge in [-0.25, -0.2) is 0 Å². The van der Waals surface area contributed by atoms with Crippen molar-refractivity contribution in [1.29, 1.82) is 0 Å². The van der Waals surface area contributed by atoms with E-state index in [0.29, 0.717) is 5.11 Å². The van der Waals surface area contributed by atoms with E-state index in [2.05, 4.69) is 10.6 Å². The summed E-state index contributed by atoms with van der Waals surface area (Å²) < 4.78 is 0. The van der Waals surface area contributed by atoms with E-state index in [0.717, 1.165) is 29.2 Å². The van der Waals surface area contributed by atoms with Crippen LogP contribution in [0.1, 0.15) is 24.8 Å².